The fourth-order valence-electron chi connectivity index (χ4n) is 2.95. The molecule has 0 spiro atoms. The zero-order valence-corrected chi connectivity index (χ0v) is 9.51. The summed E-state index contributed by atoms with van der Waals surface area (Å²) < 4.78 is 2.96. The number of halogens is 1. The maximum Gasteiger partial charge on any atom is 0.211 e. The minimum Gasteiger partial charge on any atom is -0.249 e. The average Bonchev–Trinajstić information content (AvgIpc) is 2.77. The Bertz CT molecular complexity index is 322. The first kappa shape index (κ1) is 8.20. The van der Waals surface area contributed by atoms with Crippen LogP contribution in [0, 0.1) is 15.7 Å². The summed E-state index contributed by atoms with van der Waals surface area (Å²) in [5.41, 5.74) is 0. The highest BCUT2D eigenvalue weighted by atomic mass is 127. The van der Waals surface area contributed by atoms with Crippen molar-refractivity contribution >= 4 is 22.6 Å². The van der Waals surface area contributed by atoms with Gasteiger partial charge in [-0.3, -0.25) is 0 Å². The monoisotopic (exact) mass is 289 g/mol. The van der Waals surface area contributed by atoms with Crippen LogP contribution in [0.5, 0.6) is 0 Å². The second kappa shape index (κ2) is 2.93. The maximum atomic E-state index is 4.40. The summed E-state index contributed by atoms with van der Waals surface area (Å²) in [5.74, 6) is 1.87. The van der Waals surface area contributed by atoms with Crippen molar-refractivity contribution < 1.29 is 0 Å². The van der Waals surface area contributed by atoms with Crippen LogP contribution in [0.4, 0.5) is 0 Å². The number of nitrogens with zero attached hydrogens (tertiary/aromatic N) is 3. The summed E-state index contributed by atoms with van der Waals surface area (Å²) in [4.78, 5) is 4.18. The molecule has 0 aromatic carbocycles. The van der Waals surface area contributed by atoms with Gasteiger partial charge in [0, 0.05) is 22.6 Å². The minimum atomic E-state index is 0.662. The summed E-state index contributed by atoms with van der Waals surface area (Å²) in [6.45, 7) is 0. The van der Waals surface area contributed by atoms with E-state index in [1.807, 2.05) is 6.33 Å². The molecule has 3 atom stereocenters. The summed E-state index contributed by atoms with van der Waals surface area (Å²) in [6.07, 6.45) is 7.52. The van der Waals surface area contributed by atoms with E-state index in [9.17, 15) is 0 Å². The van der Waals surface area contributed by atoms with Crippen molar-refractivity contribution in [2.75, 3.05) is 0 Å². The first-order valence-corrected chi connectivity index (χ1v) is 5.97. The molecule has 0 saturated heterocycles. The molecule has 70 valence electrons. The highest BCUT2D eigenvalue weighted by Crippen LogP contribution is 2.50. The van der Waals surface area contributed by atoms with E-state index >= 15 is 0 Å². The molecule has 2 saturated carbocycles. The van der Waals surface area contributed by atoms with Crippen LogP contribution in [0.15, 0.2) is 6.33 Å². The smallest absolute Gasteiger partial charge is 0.211 e. The van der Waals surface area contributed by atoms with Gasteiger partial charge in [-0.15, -0.1) is 5.10 Å². The van der Waals surface area contributed by atoms with Crippen LogP contribution in [0.1, 0.15) is 31.7 Å². The van der Waals surface area contributed by atoms with Crippen molar-refractivity contribution in [1.29, 1.82) is 0 Å². The molecule has 2 fully saturated rings. The minimum absolute atomic E-state index is 0.662. The van der Waals surface area contributed by atoms with Crippen molar-refractivity contribution in [3.05, 3.63) is 10.2 Å². The molecule has 13 heavy (non-hydrogen) atoms. The number of hydrogen-bond donors (Lipinski definition) is 0. The molecular formula is C9H12IN3. The number of fused-ring (bicyclic) bond motifs is 2. The van der Waals surface area contributed by atoms with Crippen molar-refractivity contribution in [2.24, 2.45) is 11.8 Å². The van der Waals surface area contributed by atoms with Crippen molar-refractivity contribution in [2.45, 2.75) is 31.7 Å². The second-order valence-electron chi connectivity index (χ2n) is 4.24. The van der Waals surface area contributed by atoms with Gasteiger partial charge < -0.3 is 0 Å². The molecule has 0 amide bonds. The predicted molar refractivity (Wildman–Crippen MR) is 57.2 cm³/mol. The topological polar surface area (TPSA) is 30.7 Å². The molecule has 3 unspecified atom stereocenters. The molecule has 2 aliphatic rings. The Morgan fingerprint density at radius 2 is 2.31 bits per heavy atom. The lowest BCUT2D eigenvalue weighted by molar-refractivity contribution is 0.305. The Kier molecular flexibility index (Phi) is 1.85. The van der Waals surface area contributed by atoms with Crippen LogP contribution in [-0.2, 0) is 0 Å². The molecule has 4 heteroatoms. The van der Waals surface area contributed by atoms with E-state index < -0.39 is 0 Å². The number of aromatic nitrogens is 3. The third-order valence-electron chi connectivity index (χ3n) is 3.52. The maximum absolute atomic E-state index is 4.40. The first-order valence-electron chi connectivity index (χ1n) is 4.89. The Morgan fingerprint density at radius 3 is 2.85 bits per heavy atom. The van der Waals surface area contributed by atoms with E-state index in [1.165, 1.54) is 25.7 Å². The van der Waals surface area contributed by atoms with E-state index in [4.69, 9.17) is 0 Å². The zero-order chi connectivity index (χ0) is 8.84. The predicted octanol–water partition coefficient (Wildman–Crippen LogP) is 2.24. The zero-order valence-electron chi connectivity index (χ0n) is 7.36. The first-order chi connectivity index (χ1) is 6.33. The average molecular weight is 289 g/mol. The van der Waals surface area contributed by atoms with Crippen molar-refractivity contribution in [3.8, 4) is 0 Å². The van der Waals surface area contributed by atoms with Crippen LogP contribution >= 0.6 is 22.6 Å². The second-order valence-corrected chi connectivity index (χ2v) is 5.20. The highest BCUT2D eigenvalue weighted by Gasteiger charge is 2.40. The molecule has 0 radical (unpaired) electrons. The summed E-state index contributed by atoms with van der Waals surface area (Å²) in [7, 11) is 0. The van der Waals surface area contributed by atoms with E-state index in [-0.39, 0.29) is 0 Å². The molecular weight excluding hydrogens is 277 g/mol. The summed E-state index contributed by atoms with van der Waals surface area (Å²) in [5, 5.41) is 4.40. The van der Waals surface area contributed by atoms with Gasteiger partial charge in [0.1, 0.15) is 6.33 Å². The highest BCUT2D eigenvalue weighted by molar-refractivity contribution is 14.1. The Morgan fingerprint density at radius 1 is 1.38 bits per heavy atom. The van der Waals surface area contributed by atoms with E-state index in [2.05, 4.69) is 37.4 Å². The third kappa shape index (κ3) is 1.30. The molecule has 1 heterocycles. The third-order valence-corrected chi connectivity index (χ3v) is 4.02. The molecule has 1 aromatic rings. The van der Waals surface area contributed by atoms with Crippen molar-refractivity contribution in [1.82, 2.24) is 14.8 Å². The molecule has 2 bridgehead atoms. The molecule has 0 aliphatic heterocycles. The lowest BCUT2D eigenvalue weighted by Gasteiger charge is -2.21. The summed E-state index contributed by atoms with van der Waals surface area (Å²) >= 11 is 2.17. The van der Waals surface area contributed by atoms with Crippen LogP contribution in [0.25, 0.3) is 0 Å². The van der Waals surface area contributed by atoms with Gasteiger partial charge in [-0.1, -0.05) is 6.42 Å². The van der Waals surface area contributed by atoms with Gasteiger partial charge in [0.2, 0.25) is 3.83 Å². The fraction of sp³-hybridized carbons (Fsp3) is 0.778. The van der Waals surface area contributed by atoms with Gasteiger partial charge in [0.05, 0.1) is 6.04 Å². The molecule has 0 N–H and O–H groups in total. The standard InChI is InChI=1S/C9H12IN3/c10-9-11-5-13(12-9)8-4-6-1-2-7(8)3-6/h5-8H,1-4H2. The Labute approximate surface area is 91.1 Å². The van der Waals surface area contributed by atoms with Crippen molar-refractivity contribution in [3.63, 3.8) is 0 Å². The Balaban J connectivity index is 1.87. The number of hydrogen-bond acceptors (Lipinski definition) is 2. The van der Waals surface area contributed by atoms with Gasteiger partial charge in [-0.05, 0) is 31.1 Å². The van der Waals surface area contributed by atoms with Gasteiger partial charge in [-0.25, -0.2) is 9.67 Å². The lowest BCUT2D eigenvalue weighted by Crippen LogP contribution is -2.16. The van der Waals surface area contributed by atoms with Crippen LogP contribution < -0.4 is 0 Å². The fourth-order valence-corrected chi connectivity index (χ4v) is 3.32. The largest absolute Gasteiger partial charge is 0.249 e. The van der Waals surface area contributed by atoms with E-state index in [0.717, 1.165) is 15.7 Å². The van der Waals surface area contributed by atoms with E-state index in [0.29, 0.717) is 6.04 Å². The van der Waals surface area contributed by atoms with Gasteiger partial charge >= 0.3 is 0 Å². The van der Waals surface area contributed by atoms with Gasteiger partial charge in [0.15, 0.2) is 0 Å². The van der Waals surface area contributed by atoms with Gasteiger partial charge in [0.25, 0.3) is 0 Å². The van der Waals surface area contributed by atoms with E-state index in [1.54, 1.807) is 0 Å². The van der Waals surface area contributed by atoms with Crippen LogP contribution in [0.3, 0.4) is 0 Å². The molecule has 3 rings (SSSR count). The quantitative estimate of drug-likeness (QED) is 0.742. The SMILES string of the molecule is Ic1ncn(C2CC3CCC2C3)n1. The molecule has 3 nitrogen and oxygen atoms in total. The van der Waals surface area contributed by atoms with Crippen LogP contribution in [0.2, 0.25) is 0 Å². The molecule has 1 aromatic heterocycles. The van der Waals surface area contributed by atoms with Gasteiger partial charge in [-0.2, -0.15) is 0 Å². The summed E-state index contributed by atoms with van der Waals surface area (Å²) in [6, 6.07) is 0.662. The normalized spacial score (nSPS) is 37.2. The van der Waals surface area contributed by atoms with Crippen LogP contribution in [-0.4, -0.2) is 14.8 Å². The Hall–Kier alpha value is -0.130. The molecule has 2 aliphatic carbocycles. The lowest BCUT2D eigenvalue weighted by atomic mass is 9.96. The number of rotatable bonds is 1.